The molecule has 1 aliphatic rings. The molecule has 0 aromatic heterocycles. The van der Waals surface area contributed by atoms with Gasteiger partial charge in [0, 0.05) is 18.3 Å². The van der Waals surface area contributed by atoms with E-state index >= 15 is 0 Å². The summed E-state index contributed by atoms with van der Waals surface area (Å²) in [6.45, 7) is 11.0. The van der Waals surface area contributed by atoms with E-state index in [1.807, 2.05) is 54.6 Å². The van der Waals surface area contributed by atoms with Crippen molar-refractivity contribution in [1.29, 1.82) is 0 Å². The summed E-state index contributed by atoms with van der Waals surface area (Å²) in [5, 5.41) is 3.40. The largest absolute Gasteiger partial charge is 0.492 e. The zero-order valence-corrected chi connectivity index (χ0v) is 21.0. The fourth-order valence-corrected chi connectivity index (χ4v) is 4.57. The lowest BCUT2D eigenvalue weighted by atomic mass is 10.1. The van der Waals surface area contributed by atoms with Crippen molar-refractivity contribution < 1.29 is 9.47 Å². The number of rotatable bonds is 11. The third kappa shape index (κ3) is 8.95. The lowest BCUT2D eigenvalue weighted by Gasteiger charge is -2.30. The molecule has 1 atom stereocenters. The third-order valence-corrected chi connectivity index (χ3v) is 6.43. The van der Waals surface area contributed by atoms with Crippen molar-refractivity contribution in [2.75, 3.05) is 44.6 Å². The summed E-state index contributed by atoms with van der Waals surface area (Å²) in [5.74, 6) is 1.55. The van der Waals surface area contributed by atoms with E-state index in [0.717, 1.165) is 30.6 Å². The van der Waals surface area contributed by atoms with E-state index in [0.29, 0.717) is 17.5 Å². The number of ether oxygens (including phenoxy) is 2. The number of para-hydroxylation sites is 1. The number of unbranched alkanes of at least 4 members (excludes halogenated alkanes) is 1. The molecule has 0 saturated carbocycles. The van der Waals surface area contributed by atoms with E-state index in [-0.39, 0.29) is 0 Å². The Balaban J connectivity index is 1.37. The van der Waals surface area contributed by atoms with Crippen molar-refractivity contribution in [3.8, 4) is 11.5 Å². The van der Waals surface area contributed by atoms with Gasteiger partial charge in [-0.1, -0.05) is 38.5 Å². The van der Waals surface area contributed by atoms with Gasteiger partial charge in [-0.05, 0) is 100 Å². The number of anilines is 1. The van der Waals surface area contributed by atoms with Crippen molar-refractivity contribution in [2.45, 2.75) is 52.0 Å². The second-order valence-corrected chi connectivity index (χ2v) is 8.98. The Labute approximate surface area is 205 Å². The van der Waals surface area contributed by atoms with Gasteiger partial charge >= 0.3 is 0 Å². The molecule has 1 fully saturated rings. The maximum absolute atomic E-state index is 6.00. The molecule has 1 heterocycles. The molecule has 1 N–H and O–H groups in total. The summed E-state index contributed by atoms with van der Waals surface area (Å²) in [5.41, 5.74) is 0.908. The van der Waals surface area contributed by atoms with Crippen LogP contribution in [0.5, 0.6) is 11.5 Å². The molecule has 33 heavy (non-hydrogen) atoms. The SMILES string of the molecule is CCCCN(CC)C1CCCN(CCOc2ccc(OC(=S)Nc3ccccc3)cc2)CC1. The van der Waals surface area contributed by atoms with Crippen molar-refractivity contribution in [3.63, 3.8) is 0 Å². The number of likely N-dealkylation sites (tertiary alicyclic amines) is 1. The standard InChI is InChI=1S/C27H39N3O2S/c1-3-5-19-30(4-2)24-12-9-18-29(20-17-24)21-22-31-25-13-15-26(16-14-25)32-27(33)28-23-10-7-6-8-11-23/h6-8,10-11,13-16,24H,3-5,9,12,17-22H2,1-2H3,(H,28,33). The van der Waals surface area contributed by atoms with E-state index in [1.54, 1.807) is 0 Å². The molecule has 180 valence electrons. The van der Waals surface area contributed by atoms with Crippen LogP contribution < -0.4 is 14.8 Å². The molecule has 1 aliphatic heterocycles. The molecule has 0 bridgehead atoms. The van der Waals surface area contributed by atoms with Crippen molar-refractivity contribution >= 4 is 23.1 Å². The molecule has 2 aromatic rings. The predicted molar refractivity (Wildman–Crippen MR) is 141 cm³/mol. The number of nitrogens with one attached hydrogen (secondary N) is 1. The van der Waals surface area contributed by atoms with Crippen LogP contribution in [0.1, 0.15) is 46.0 Å². The molecule has 3 rings (SSSR count). The molecule has 1 saturated heterocycles. The van der Waals surface area contributed by atoms with Crippen molar-refractivity contribution in [2.24, 2.45) is 0 Å². The molecule has 6 heteroatoms. The highest BCUT2D eigenvalue weighted by Crippen LogP contribution is 2.20. The fourth-order valence-electron chi connectivity index (χ4n) is 4.36. The van der Waals surface area contributed by atoms with Gasteiger partial charge in [-0.15, -0.1) is 0 Å². The first-order chi connectivity index (χ1) is 16.2. The first kappa shape index (κ1) is 25.5. The highest BCUT2D eigenvalue weighted by atomic mass is 32.1. The van der Waals surface area contributed by atoms with Gasteiger partial charge in [0.25, 0.3) is 5.17 Å². The van der Waals surface area contributed by atoms with Gasteiger partial charge in [0.2, 0.25) is 0 Å². The minimum absolute atomic E-state index is 0.325. The maximum Gasteiger partial charge on any atom is 0.266 e. The van der Waals surface area contributed by atoms with Gasteiger partial charge in [-0.3, -0.25) is 4.90 Å². The van der Waals surface area contributed by atoms with Crippen LogP contribution in [0.4, 0.5) is 5.69 Å². The summed E-state index contributed by atoms with van der Waals surface area (Å²) < 4.78 is 11.7. The average molecular weight is 470 g/mol. The quantitative estimate of drug-likeness (QED) is 0.418. The Morgan fingerprint density at radius 3 is 2.52 bits per heavy atom. The zero-order valence-electron chi connectivity index (χ0n) is 20.2. The molecule has 0 radical (unpaired) electrons. The van der Waals surface area contributed by atoms with Gasteiger partial charge < -0.3 is 19.7 Å². The van der Waals surface area contributed by atoms with Gasteiger partial charge in [0.1, 0.15) is 18.1 Å². The first-order valence-corrected chi connectivity index (χ1v) is 12.8. The normalized spacial score (nSPS) is 16.9. The number of thiocarbonyl (C=S) groups is 1. The molecular formula is C27H39N3O2S. The Kier molecular flexibility index (Phi) is 10.9. The molecule has 5 nitrogen and oxygen atoms in total. The zero-order chi connectivity index (χ0) is 23.3. The Hall–Kier alpha value is -2.15. The van der Waals surface area contributed by atoms with Gasteiger partial charge in [0.05, 0.1) is 0 Å². The third-order valence-electron chi connectivity index (χ3n) is 6.24. The van der Waals surface area contributed by atoms with Crippen molar-refractivity contribution in [3.05, 3.63) is 54.6 Å². The monoisotopic (exact) mass is 469 g/mol. The first-order valence-electron chi connectivity index (χ1n) is 12.4. The highest BCUT2D eigenvalue weighted by molar-refractivity contribution is 7.80. The summed E-state index contributed by atoms with van der Waals surface area (Å²) in [6.07, 6.45) is 6.44. The van der Waals surface area contributed by atoms with Crippen LogP contribution in [-0.4, -0.2) is 60.3 Å². The Morgan fingerprint density at radius 2 is 1.79 bits per heavy atom. The molecule has 2 aromatic carbocycles. The van der Waals surface area contributed by atoms with Crippen LogP contribution in [-0.2, 0) is 0 Å². The summed E-state index contributed by atoms with van der Waals surface area (Å²) in [7, 11) is 0. The van der Waals surface area contributed by atoms with Crippen LogP contribution in [0, 0.1) is 0 Å². The second-order valence-electron chi connectivity index (χ2n) is 8.61. The van der Waals surface area contributed by atoms with Crippen LogP contribution >= 0.6 is 12.2 Å². The lowest BCUT2D eigenvalue weighted by molar-refractivity contribution is 0.177. The smallest absolute Gasteiger partial charge is 0.266 e. The van der Waals surface area contributed by atoms with Gasteiger partial charge in [0.15, 0.2) is 0 Å². The maximum atomic E-state index is 6.00. The number of nitrogens with zero attached hydrogens (tertiary/aromatic N) is 2. The summed E-state index contributed by atoms with van der Waals surface area (Å²) in [4.78, 5) is 5.24. The van der Waals surface area contributed by atoms with Crippen LogP contribution in [0.2, 0.25) is 0 Å². The Bertz CT molecular complexity index is 816. The molecule has 0 amide bonds. The predicted octanol–water partition coefficient (Wildman–Crippen LogP) is 5.82. The molecule has 0 spiro atoms. The minimum atomic E-state index is 0.325. The minimum Gasteiger partial charge on any atom is -0.492 e. The van der Waals surface area contributed by atoms with Crippen LogP contribution in [0.3, 0.4) is 0 Å². The summed E-state index contributed by atoms with van der Waals surface area (Å²) >= 11 is 5.28. The van der Waals surface area contributed by atoms with Crippen molar-refractivity contribution in [1.82, 2.24) is 9.80 Å². The molecule has 1 unspecified atom stereocenters. The van der Waals surface area contributed by atoms with E-state index in [4.69, 9.17) is 21.7 Å². The van der Waals surface area contributed by atoms with E-state index in [2.05, 4.69) is 29.0 Å². The summed E-state index contributed by atoms with van der Waals surface area (Å²) in [6, 6.07) is 18.2. The Morgan fingerprint density at radius 1 is 1.03 bits per heavy atom. The van der Waals surface area contributed by atoms with E-state index in [9.17, 15) is 0 Å². The number of benzene rings is 2. The fraction of sp³-hybridized carbons (Fsp3) is 0.519. The van der Waals surface area contributed by atoms with E-state index in [1.165, 1.54) is 51.7 Å². The van der Waals surface area contributed by atoms with Gasteiger partial charge in [-0.2, -0.15) is 0 Å². The molecule has 0 aliphatic carbocycles. The second kappa shape index (κ2) is 14.2. The average Bonchev–Trinajstić information content (AvgIpc) is 3.07. The van der Waals surface area contributed by atoms with Gasteiger partial charge in [-0.25, -0.2) is 0 Å². The highest BCUT2D eigenvalue weighted by Gasteiger charge is 2.21. The van der Waals surface area contributed by atoms with Crippen LogP contribution in [0.15, 0.2) is 54.6 Å². The topological polar surface area (TPSA) is 37.0 Å². The lowest BCUT2D eigenvalue weighted by Crippen LogP contribution is -2.37. The van der Waals surface area contributed by atoms with Crippen LogP contribution in [0.25, 0.3) is 0 Å². The number of hydrogen-bond donors (Lipinski definition) is 1. The van der Waals surface area contributed by atoms with E-state index < -0.39 is 0 Å². The molecular weight excluding hydrogens is 430 g/mol. The number of hydrogen-bond acceptors (Lipinski definition) is 5.